The largest absolute Gasteiger partial charge is 0.480 e. The molecular weight excluding hydrogens is 721 g/mol. The van der Waals surface area contributed by atoms with Crippen molar-refractivity contribution in [1.82, 2.24) is 20.2 Å². The van der Waals surface area contributed by atoms with Crippen molar-refractivity contribution in [3.05, 3.63) is 114 Å². The Morgan fingerprint density at radius 3 is 2.49 bits per heavy atom. The van der Waals surface area contributed by atoms with Crippen LogP contribution in [0, 0.1) is 5.92 Å². The zero-order valence-electron chi connectivity index (χ0n) is 33.5. The number of ether oxygens (including phenoxy) is 3. The predicted molar refractivity (Wildman–Crippen MR) is 221 cm³/mol. The number of carbonyl (C=O) groups excluding carboxylic acids is 2. The number of aryl methyl sites for hydroxylation is 1. The van der Waals surface area contributed by atoms with Gasteiger partial charge in [0.15, 0.2) is 0 Å². The molecule has 3 N–H and O–H groups in total. The zero-order chi connectivity index (χ0) is 40.5. The van der Waals surface area contributed by atoms with Crippen molar-refractivity contribution in [3.63, 3.8) is 0 Å². The Kier molecular flexibility index (Phi) is 13.4. The van der Waals surface area contributed by atoms with Crippen LogP contribution < -0.4 is 10.6 Å². The fraction of sp³-hybridized carbons (Fsp3) is 0.391. The van der Waals surface area contributed by atoms with E-state index in [1.54, 1.807) is 13.3 Å². The van der Waals surface area contributed by atoms with E-state index in [0.29, 0.717) is 19.4 Å². The Hall–Kier alpha value is -5.52. The van der Waals surface area contributed by atoms with Crippen LogP contribution in [-0.4, -0.2) is 64.5 Å². The Morgan fingerprint density at radius 1 is 1.00 bits per heavy atom. The van der Waals surface area contributed by atoms with Crippen LogP contribution in [0.15, 0.2) is 91.1 Å². The van der Waals surface area contributed by atoms with Crippen LogP contribution in [0.2, 0.25) is 0 Å². The van der Waals surface area contributed by atoms with E-state index in [1.807, 2.05) is 81.4 Å². The molecule has 11 nitrogen and oxygen atoms in total. The molecule has 2 aromatic heterocycles. The van der Waals surface area contributed by atoms with Crippen LogP contribution in [0.25, 0.3) is 33.3 Å². The fourth-order valence-corrected chi connectivity index (χ4v) is 7.84. The molecule has 1 saturated heterocycles. The lowest BCUT2D eigenvalue weighted by Gasteiger charge is -2.28. The van der Waals surface area contributed by atoms with E-state index in [9.17, 15) is 19.5 Å². The average molecular weight is 775 g/mol. The molecule has 300 valence electrons. The van der Waals surface area contributed by atoms with Crippen LogP contribution >= 0.6 is 0 Å². The molecule has 0 spiro atoms. The summed E-state index contributed by atoms with van der Waals surface area (Å²) in [5.41, 5.74) is 7.37. The standard InChI is InChI=1S/C46H54N4O7/c1-6-50-40-20-19-35(34-17-10-15-32(23-34)24-39(44(52)53)49-45(54)56-29-31-13-8-7-9-14-31)26-37(40)38(43(50)36-18-12-22-48-42(36)30(2)55-5)27-46(3,4)57-41(51)25-33-16-11-21-47-28-33/h7-10,12-15,17-20,22-23,26,30,33,39,47H,6,11,16,21,24-25,27-29H2,1-5H3,(H,49,54)(H,52,53)/t30?,33-,39?/m0/s1. The van der Waals surface area contributed by atoms with Crippen LogP contribution in [0.1, 0.15) is 75.4 Å². The number of aromatic nitrogens is 2. The van der Waals surface area contributed by atoms with E-state index in [-0.39, 0.29) is 31.0 Å². The Bertz CT molecular complexity index is 2170. The summed E-state index contributed by atoms with van der Waals surface area (Å²) in [5, 5.41) is 17.0. The normalized spacial score (nSPS) is 15.5. The highest BCUT2D eigenvalue weighted by atomic mass is 16.6. The van der Waals surface area contributed by atoms with Crippen molar-refractivity contribution >= 4 is 28.9 Å². The van der Waals surface area contributed by atoms with Gasteiger partial charge in [0.05, 0.1) is 17.5 Å². The summed E-state index contributed by atoms with van der Waals surface area (Å²) in [6.45, 7) is 10.6. The van der Waals surface area contributed by atoms with Crippen LogP contribution in [0.4, 0.5) is 4.79 Å². The molecule has 5 aromatic rings. The van der Waals surface area contributed by atoms with Gasteiger partial charge in [-0.2, -0.15) is 0 Å². The number of pyridine rings is 1. The number of nitrogens with one attached hydrogen (secondary N) is 2. The highest BCUT2D eigenvalue weighted by Gasteiger charge is 2.31. The average Bonchev–Trinajstić information content (AvgIpc) is 3.51. The number of piperidine rings is 1. The van der Waals surface area contributed by atoms with Gasteiger partial charge in [0.1, 0.15) is 18.2 Å². The predicted octanol–water partition coefficient (Wildman–Crippen LogP) is 8.27. The molecular formula is C46H54N4O7. The first-order chi connectivity index (χ1) is 27.5. The number of carboxylic acid groups (broad SMARTS) is 1. The summed E-state index contributed by atoms with van der Waals surface area (Å²) in [6, 6.07) is 26.1. The SMILES string of the molecule is CCn1c(-c2cccnc2C(C)OC)c(CC(C)(C)OC(=O)C[C@@H]2CCCNC2)c2cc(-c3cccc(CC(NC(=O)OCc4ccccc4)C(=O)O)c3)ccc21. The summed E-state index contributed by atoms with van der Waals surface area (Å²) in [4.78, 5) is 43.0. The number of alkyl carbamates (subject to hydrolysis) is 1. The smallest absolute Gasteiger partial charge is 0.408 e. The molecule has 1 fully saturated rings. The number of esters is 1. The third-order valence-electron chi connectivity index (χ3n) is 10.7. The quantitative estimate of drug-likeness (QED) is 0.0845. The molecule has 1 aliphatic rings. The fourth-order valence-electron chi connectivity index (χ4n) is 7.84. The second kappa shape index (κ2) is 18.6. The maximum Gasteiger partial charge on any atom is 0.408 e. The Balaban J connectivity index is 1.34. The van der Waals surface area contributed by atoms with Crippen LogP contribution in [0.3, 0.4) is 0 Å². The third-order valence-corrected chi connectivity index (χ3v) is 10.7. The second-order valence-corrected chi connectivity index (χ2v) is 15.4. The highest BCUT2D eigenvalue weighted by molar-refractivity contribution is 5.95. The van der Waals surface area contributed by atoms with Crippen molar-refractivity contribution in [2.24, 2.45) is 5.92 Å². The van der Waals surface area contributed by atoms with Gasteiger partial charge in [0.2, 0.25) is 0 Å². The van der Waals surface area contributed by atoms with Crippen LogP contribution in [-0.2, 0) is 49.8 Å². The minimum absolute atomic E-state index is 0.0335. The van der Waals surface area contributed by atoms with E-state index in [0.717, 1.165) is 81.6 Å². The number of hydrogen-bond donors (Lipinski definition) is 3. The summed E-state index contributed by atoms with van der Waals surface area (Å²) in [7, 11) is 1.68. The first-order valence-electron chi connectivity index (χ1n) is 19.8. The first-order valence-corrected chi connectivity index (χ1v) is 19.8. The molecule has 0 bridgehead atoms. The molecule has 2 unspecified atom stereocenters. The number of carboxylic acids is 1. The highest BCUT2D eigenvalue weighted by Crippen LogP contribution is 2.41. The molecule has 3 heterocycles. The molecule has 6 rings (SSSR count). The van der Waals surface area contributed by atoms with E-state index in [4.69, 9.17) is 19.2 Å². The van der Waals surface area contributed by atoms with Gasteiger partial charge in [-0.15, -0.1) is 0 Å². The maximum absolute atomic E-state index is 13.4. The molecule has 0 aliphatic carbocycles. The van der Waals surface area contributed by atoms with Crippen molar-refractivity contribution < 1.29 is 33.7 Å². The minimum atomic E-state index is -1.19. The molecule has 57 heavy (non-hydrogen) atoms. The zero-order valence-corrected chi connectivity index (χ0v) is 33.5. The molecule has 11 heteroatoms. The molecule has 0 saturated carbocycles. The summed E-state index contributed by atoms with van der Waals surface area (Å²) in [6.07, 6.45) is 3.68. The molecule has 3 atom stereocenters. The number of aliphatic carboxylic acids is 1. The van der Waals surface area contributed by atoms with Gasteiger partial charge in [-0.05, 0) is 112 Å². The van der Waals surface area contributed by atoms with E-state index in [1.165, 1.54) is 0 Å². The first kappa shape index (κ1) is 41.1. The number of methoxy groups -OCH3 is 1. The second-order valence-electron chi connectivity index (χ2n) is 15.4. The van der Waals surface area contributed by atoms with Crippen molar-refractivity contribution in [2.45, 2.75) is 90.7 Å². The van der Waals surface area contributed by atoms with Crippen molar-refractivity contribution in [2.75, 3.05) is 20.2 Å². The molecule has 3 aromatic carbocycles. The number of fused-ring (bicyclic) bond motifs is 1. The number of nitrogens with zero attached hydrogens (tertiary/aromatic N) is 2. The van der Waals surface area contributed by atoms with Crippen LogP contribution in [0.5, 0.6) is 0 Å². The van der Waals surface area contributed by atoms with E-state index >= 15 is 0 Å². The Labute approximate surface area is 334 Å². The Morgan fingerprint density at radius 2 is 1.77 bits per heavy atom. The van der Waals surface area contributed by atoms with E-state index in [2.05, 4.69) is 46.4 Å². The van der Waals surface area contributed by atoms with E-state index < -0.39 is 23.7 Å². The minimum Gasteiger partial charge on any atom is -0.480 e. The van der Waals surface area contributed by atoms with Crippen molar-refractivity contribution in [1.29, 1.82) is 0 Å². The lowest BCUT2D eigenvalue weighted by molar-refractivity contribution is -0.157. The summed E-state index contributed by atoms with van der Waals surface area (Å²) in [5.74, 6) is -1.09. The van der Waals surface area contributed by atoms with Gasteiger partial charge in [-0.25, -0.2) is 9.59 Å². The van der Waals surface area contributed by atoms with Gasteiger partial charge >= 0.3 is 18.0 Å². The molecule has 0 radical (unpaired) electrons. The number of rotatable bonds is 16. The van der Waals surface area contributed by atoms with Gasteiger partial charge in [-0.1, -0.05) is 60.7 Å². The number of benzene rings is 3. The topological polar surface area (TPSA) is 141 Å². The maximum atomic E-state index is 13.4. The lowest BCUT2D eigenvalue weighted by atomic mass is 9.91. The van der Waals surface area contributed by atoms with Gasteiger partial charge in [0.25, 0.3) is 0 Å². The number of amides is 1. The summed E-state index contributed by atoms with van der Waals surface area (Å²) < 4.78 is 19.7. The number of hydrogen-bond acceptors (Lipinski definition) is 8. The third kappa shape index (κ3) is 10.3. The summed E-state index contributed by atoms with van der Waals surface area (Å²) >= 11 is 0. The number of carbonyl (C=O) groups is 3. The van der Waals surface area contributed by atoms with Gasteiger partial charge in [-0.3, -0.25) is 9.78 Å². The monoisotopic (exact) mass is 774 g/mol. The van der Waals surface area contributed by atoms with Gasteiger partial charge in [0, 0.05) is 55.6 Å². The molecule has 1 amide bonds. The van der Waals surface area contributed by atoms with Crippen molar-refractivity contribution in [3.8, 4) is 22.4 Å². The lowest BCUT2D eigenvalue weighted by Crippen LogP contribution is -2.42. The van der Waals surface area contributed by atoms with Gasteiger partial charge < -0.3 is 34.5 Å². The molecule has 1 aliphatic heterocycles.